The van der Waals surface area contributed by atoms with Gasteiger partial charge in [-0.05, 0) is 36.8 Å². The van der Waals surface area contributed by atoms with Crippen molar-refractivity contribution in [2.75, 3.05) is 5.32 Å². The zero-order valence-electron chi connectivity index (χ0n) is 10.9. The Kier molecular flexibility index (Phi) is 4.01. The van der Waals surface area contributed by atoms with Crippen LogP contribution in [0, 0.1) is 6.92 Å². The van der Waals surface area contributed by atoms with E-state index < -0.39 is 0 Å². The number of rotatable bonds is 3. The molecule has 1 aromatic heterocycles. The second-order valence-corrected chi connectivity index (χ2v) is 7.02. The number of benzene rings is 2. The molecule has 1 N–H and O–H groups in total. The highest BCUT2D eigenvalue weighted by molar-refractivity contribution is 9.10. The van der Waals surface area contributed by atoms with E-state index in [-0.39, 0.29) is 0 Å². The van der Waals surface area contributed by atoms with Crippen LogP contribution in [0.25, 0.3) is 10.1 Å². The molecular formula is C16H13BrClNS. The summed E-state index contributed by atoms with van der Waals surface area (Å²) in [6.45, 7) is 2.83. The molecule has 102 valence electrons. The number of aryl methyl sites for hydroxylation is 1. The van der Waals surface area contributed by atoms with Crippen LogP contribution in [0.3, 0.4) is 0 Å². The normalized spacial score (nSPS) is 10.9. The lowest BCUT2D eigenvalue weighted by Gasteiger charge is -2.07. The topological polar surface area (TPSA) is 12.0 Å². The Labute approximate surface area is 135 Å². The van der Waals surface area contributed by atoms with Gasteiger partial charge in [0.05, 0.1) is 11.6 Å². The molecular weight excluding hydrogens is 354 g/mol. The maximum Gasteiger partial charge on any atom is 0.0642 e. The lowest BCUT2D eigenvalue weighted by Crippen LogP contribution is -1.98. The molecule has 0 radical (unpaired) electrons. The van der Waals surface area contributed by atoms with Gasteiger partial charge in [0.2, 0.25) is 0 Å². The van der Waals surface area contributed by atoms with E-state index in [9.17, 15) is 0 Å². The SMILES string of the molecule is Cc1cc(NCc2sc3ccccc3c2Cl)ccc1Br. The third kappa shape index (κ3) is 2.71. The van der Waals surface area contributed by atoms with Crippen molar-refractivity contribution in [1.29, 1.82) is 0 Å². The van der Waals surface area contributed by atoms with Crippen LogP contribution in [0.4, 0.5) is 5.69 Å². The first-order valence-electron chi connectivity index (χ1n) is 6.31. The van der Waals surface area contributed by atoms with E-state index in [0.29, 0.717) is 0 Å². The monoisotopic (exact) mass is 365 g/mol. The largest absolute Gasteiger partial charge is 0.380 e. The van der Waals surface area contributed by atoms with Gasteiger partial charge in [0, 0.05) is 25.1 Å². The van der Waals surface area contributed by atoms with Gasteiger partial charge in [-0.25, -0.2) is 0 Å². The van der Waals surface area contributed by atoms with Crippen molar-refractivity contribution >= 4 is 54.6 Å². The van der Waals surface area contributed by atoms with E-state index in [1.807, 2.05) is 12.1 Å². The Morgan fingerprint density at radius 2 is 2.00 bits per heavy atom. The molecule has 0 aliphatic carbocycles. The molecule has 0 saturated heterocycles. The lowest BCUT2D eigenvalue weighted by molar-refractivity contribution is 1.19. The Balaban J connectivity index is 1.83. The minimum Gasteiger partial charge on any atom is -0.380 e. The third-order valence-corrected chi connectivity index (χ3v) is 5.82. The fourth-order valence-corrected chi connectivity index (χ4v) is 3.80. The second-order valence-electron chi connectivity index (χ2n) is 4.65. The molecule has 0 fully saturated rings. The fourth-order valence-electron chi connectivity index (χ4n) is 2.12. The van der Waals surface area contributed by atoms with E-state index in [4.69, 9.17) is 11.6 Å². The molecule has 2 aromatic carbocycles. The van der Waals surface area contributed by atoms with Crippen LogP contribution in [0.5, 0.6) is 0 Å². The quantitative estimate of drug-likeness (QED) is 0.578. The summed E-state index contributed by atoms with van der Waals surface area (Å²) < 4.78 is 2.37. The number of fused-ring (bicyclic) bond motifs is 1. The molecule has 0 aliphatic rings. The van der Waals surface area contributed by atoms with Crippen molar-refractivity contribution in [3.63, 3.8) is 0 Å². The van der Waals surface area contributed by atoms with Crippen LogP contribution >= 0.6 is 38.9 Å². The number of hydrogen-bond donors (Lipinski definition) is 1. The number of thiophene rings is 1. The summed E-state index contributed by atoms with van der Waals surface area (Å²) in [7, 11) is 0. The zero-order valence-corrected chi connectivity index (χ0v) is 14.1. The van der Waals surface area contributed by atoms with E-state index in [2.05, 4.69) is 58.5 Å². The van der Waals surface area contributed by atoms with Crippen LogP contribution in [0.2, 0.25) is 5.02 Å². The molecule has 0 amide bonds. The first-order valence-corrected chi connectivity index (χ1v) is 8.30. The lowest BCUT2D eigenvalue weighted by atomic mass is 10.2. The molecule has 1 heterocycles. The van der Waals surface area contributed by atoms with Crippen LogP contribution in [0.15, 0.2) is 46.9 Å². The van der Waals surface area contributed by atoms with Gasteiger partial charge in [0.15, 0.2) is 0 Å². The summed E-state index contributed by atoms with van der Waals surface area (Å²) in [5.41, 5.74) is 2.33. The predicted molar refractivity (Wildman–Crippen MR) is 93.0 cm³/mol. The zero-order chi connectivity index (χ0) is 14.1. The molecule has 0 saturated carbocycles. The van der Waals surface area contributed by atoms with Gasteiger partial charge in [0.25, 0.3) is 0 Å². The first kappa shape index (κ1) is 13.9. The molecule has 0 atom stereocenters. The van der Waals surface area contributed by atoms with Gasteiger partial charge < -0.3 is 5.32 Å². The fraction of sp³-hybridized carbons (Fsp3) is 0.125. The highest BCUT2D eigenvalue weighted by Gasteiger charge is 2.09. The molecule has 4 heteroatoms. The van der Waals surface area contributed by atoms with Crippen LogP contribution in [-0.2, 0) is 6.54 Å². The summed E-state index contributed by atoms with van der Waals surface area (Å²) in [6.07, 6.45) is 0. The smallest absolute Gasteiger partial charge is 0.0642 e. The van der Waals surface area contributed by atoms with Gasteiger partial charge in [-0.2, -0.15) is 0 Å². The van der Waals surface area contributed by atoms with E-state index >= 15 is 0 Å². The van der Waals surface area contributed by atoms with E-state index in [1.165, 1.54) is 15.1 Å². The molecule has 0 unspecified atom stereocenters. The summed E-state index contributed by atoms with van der Waals surface area (Å²) in [5, 5.41) is 5.45. The van der Waals surface area contributed by atoms with Gasteiger partial charge >= 0.3 is 0 Å². The molecule has 3 rings (SSSR count). The van der Waals surface area contributed by atoms with Gasteiger partial charge in [-0.3, -0.25) is 0 Å². The summed E-state index contributed by atoms with van der Waals surface area (Å²) in [5.74, 6) is 0. The van der Waals surface area contributed by atoms with Crippen molar-refractivity contribution in [3.05, 3.63) is 62.4 Å². The standard InChI is InChI=1S/C16H13BrClNS/c1-10-8-11(6-7-13(10)17)19-9-15-16(18)12-4-2-3-5-14(12)20-15/h2-8,19H,9H2,1H3. The highest BCUT2D eigenvalue weighted by Crippen LogP contribution is 2.35. The van der Waals surface area contributed by atoms with Crippen LogP contribution < -0.4 is 5.32 Å². The van der Waals surface area contributed by atoms with Crippen molar-refractivity contribution < 1.29 is 0 Å². The molecule has 0 aliphatic heterocycles. The molecule has 3 aromatic rings. The summed E-state index contributed by atoms with van der Waals surface area (Å²) in [6, 6.07) is 14.5. The number of anilines is 1. The van der Waals surface area contributed by atoms with Crippen LogP contribution in [0.1, 0.15) is 10.4 Å². The Bertz CT molecular complexity index is 766. The first-order chi connectivity index (χ1) is 9.65. The van der Waals surface area contributed by atoms with Crippen LogP contribution in [-0.4, -0.2) is 0 Å². The maximum atomic E-state index is 6.44. The number of nitrogens with one attached hydrogen (secondary N) is 1. The van der Waals surface area contributed by atoms with Crippen molar-refractivity contribution in [2.24, 2.45) is 0 Å². The summed E-state index contributed by atoms with van der Waals surface area (Å²) in [4.78, 5) is 1.17. The molecule has 0 bridgehead atoms. The van der Waals surface area contributed by atoms with Gasteiger partial charge in [-0.15, -0.1) is 11.3 Å². The Hall–Kier alpha value is -1.03. The minimum absolute atomic E-state index is 0.749. The van der Waals surface area contributed by atoms with Gasteiger partial charge in [0.1, 0.15) is 0 Å². The molecule has 0 spiro atoms. The second kappa shape index (κ2) is 5.76. The Morgan fingerprint density at radius 1 is 1.20 bits per heavy atom. The molecule has 20 heavy (non-hydrogen) atoms. The number of hydrogen-bond acceptors (Lipinski definition) is 2. The average Bonchev–Trinajstić information content (AvgIpc) is 2.77. The van der Waals surface area contributed by atoms with Crippen molar-refractivity contribution in [2.45, 2.75) is 13.5 Å². The Morgan fingerprint density at radius 3 is 2.75 bits per heavy atom. The van der Waals surface area contributed by atoms with Gasteiger partial charge in [-0.1, -0.05) is 45.7 Å². The minimum atomic E-state index is 0.749. The van der Waals surface area contributed by atoms with E-state index in [1.54, 1.807) is 11.3 Å². The average molecular weight is 367 g/mol. The number of halogens is 2. The van der Waals surface area contributed by atoms with Crippen molar-refractivity contribution in [3.8, 4) is 0 Å². The summed E-state index contributed by atoms with van der Waals surface area (Å²) >= 11 is 11.7. The van der Waals surface area contributed by atoms with Crippen molar-refractivity contribution in [1.82, 2.24) is 0 Å². The predicted octanol–water partition coefficient (Wildman–Crippen LogP) is 6.24. The highest BCUT2D eigenvalue weighted by atomic mass is 79.9. The third-order valence-electron chi connectivity index (χ3n) is 3.21. The van der Waals surface area contributed by atoms with E-state index in [0.717, 1.165) is 27.1 Å². The maximum absolute atomic E-state index is 6.44. The molecule has 1 nitrogen and oxygen atoms in total.